The Kier molecular flexibility index (Phi) is 12.7. The Labute approximate surface area is 127 Å². The first-order chi connectivity index (χ1) is 10.1. The van der Waals surface area contributed by atoms with E-state index >= 15 is 0 Å². The molecule has 0 aromatic carbocycles. The van der Waals surface area contributed by atoms with Crippen LogP contribution in [0.15, 0.2) is 12.2 Å². The van der Waals surface area contributed by atoms with Crippen LogP contribution in [0.4, 0.5) is 0 Å². The van der Waals surface area contributed by atoms with Gasteiger partial charge in [0.25, 0.3) is 0 Å². The SMILES string of the molecule is C=C(CC(=O)OCCCCCCCC)C(=O)OCCOC. The van der Waals surface area contributed by atoms with Crippen molar-refractivity contribution in [3.05, 3.63) is 12.2 Å². The van der Waals surface area contributed by atoms with Gasteiger partial charge in [0, 0.05) is 12.7 Å². The Morgan fingerprint density at radius 1 is 0.905 bits per heavy atom. The van der Waals surface area contributed by atoms with Crippen LogP contribution in [0.25, 0.3) is 0 Å². The van der Waals surface area contributed by atoms with Gasteiger partial charge in [0.1, 0.15) is 6.61 Å². The highest BCUT2D eigenvalue weighted by atomic mass is 16.6. The highest BCUT2D eigenvalue weighted by Crippen LogP contribution is 2.07. The van der Waals surface area contributed by atoms with Gasteiger partial charge in [-0.2, -0.15) is 0 Å². The normalized spacial score (nSPS) is 10.2. The zero-order chi connectivity index (χ0) is 15.9. The monoisotopic (exact) mass is 300 g/mol. The van der Waals surface area contributed by atoms with Gasteiger partial charge < -0.3 is 14.2 Å². The lowest BCUT2D eigenvalue weighted by atomic mass is 10.1. The molecular formula is C16H28O5. The maximum Gasteiger partial charge on any atom is 0.334 e. The molecule has 0 aliphatic carbocycles. The zero-order valence-corrected chi connectivity index (χ0v) is 13.3. The lowest BCUT2D eigenvalue weighted by molar-refractivity contribution is -0.146. The molecule has 0 bridgehead atoms. The van der Waals surface area contributed by atoms with Crippen LogP contribution in [0.1, 0.15) is 51.9 Å². The van der Waals surface area contributed by atoms with Crippen LogP contribution in [-0.2, 0) is 23.8 Å². The molecule has 5 nitrogen and oxygen atoms in total. The van der Waals surface area contributed by atoms with Crippen molar-refractivity contribution in [2.24, 2.45) is 0 Å². The fourth-order valence-corrected chi connectivity index (χ4v) is 1.69. The summed E-state index contributed by atoms with van der Waals surface area (Å²) in [5, 5.41) is 0. The second kappa shape index (κ2) is 13.6. The fraction of sp³-hybridized carbons (Fsp3) is 0.750. The molecule has 0 saturated heterocycles. The van der Waals surface area contributed by atoms with Gasteiger partial charge >= 0.3 is 11.9 Å². The standard InChI is InChI=1S/C16H28O5/c1-4-5-6-7-8-9-10-20-15(17)13-14(2)16(18)21-12-11-19-3/h2,4-13H2,1,3H3. The molecule has 0 spiro atoms. The van der Waals surface area contributed by atoms with E-state index in [4.69, 9.17) is 14.2 Å². The summed E-state index contributed by atoms with van der Waals surface area (Å²) >= 11 is 0. The van der Waals surface area contributed by atoms with Crippen LogP contribution < -0.4 is 0 Å². The topological polar surface area (TPSA) is 61.8 Å². The largest absolute Gasteiger partial charge is 0.465 e. The summed E-state index contributed by atoms with van der Waals surface area (Å²) in [6, 6.07) is 0. The van der Waals surface area contributed by atoms with Crippen LogP contribution in [-0.4, -0.2) is 38.9 Å². The number of rotatable bonds is 13. The highest BCUT2D eigenvalue weighted by molar-refractivity contribution is 5.93. The number of carbonyl (C=O) groups excluding carboxylic acids is 2. The van der Waals surface area contributed by atoms with Crippen LogP contribution in [0.5, 0.6) is 0 Å². The number of hydrogen-bond donors (Lipinski definition) is 0. The number of esters is 2. The molecule has 122 valence electrons. The predicted molar refractivity (Wildman–Crippen MR) is 80.9 cm³/mol. The molecule has 5 heteroatoms. The summed E-state index contributed by atoms with van der Waals surface area (Å²) in [5.74, 6) is -1.01. The van der Waals surface area contributed by atoms with Crippen molar-refractivity contribution in [1.82, 2.24) is 0 Å². The van der Waals surface area contributed by atoms with Gasteiger partial charge in [0.05, 0.1) is 19.6 Å². The van der Waals surface area contributed by atoms with E-state index in [0.717, 1.165) is 12.8 Å². The molecule has 0 N–H and O–H groups in total. The van der Waals surface area contributed by atoms with Crippen molar-refractivity contribution in [3.63, 3.8) is 0 Å². The van der Waals surface area contributed by atoms with Gasteiger partial charge in [0.15, 0.2) is 0 Å². The first-order valence-corrected chi connectivity index (χ1v) is 7.61. The lowest BCUT2D eigenvalue weighted by Crippen LogP contribution is -2.15. The molecule has 0 aliphatic heterocycles. The Hall–Kier alpha value is -1.36. The van der Waals surface area contributed by atoms with E-state index in [2.05, 4.69) is 13.5 Å². The molecule has 0 fully saturated rings. The van der Waals surface area contributed by atoms with Crippen molar-refractivity contribution in [2.75, 3.05) is 26.9 Å². The van der Waals surface area contributed by atoms with Crippen molar-refractivity contribution in [2.45, 2.75) is 51.9 Å². The van der Waals surface area contributed by atoms with Crippen molar-refractivity contribution < 1.29 is 23.8 Å². The smallest absolute Gasteiger partial charge is 0.334 e. The van der Waals surface area contributed by atoms with E-state index in [9.17, 15) is 9.59 Å². The van der Waals surface area contributed by atoms with Gasteiger partial charge in [-0.1, -0.05) is 45.6 Å². The van der Waals surface area contributed by atoms with Crippen molar-refractivity contribution in [1.29, 1.82) is 0 Å². The van der Waals surface area contributed by atoms with Crippen molar-refractivity contribution in [3.8, 4) is 0 Å². The van der Waals surface area contributed by atoms with Crippen LogP contribution >= 0.6 is 0 Å². The third-order valence-electron chi connectivity index (χ3n) is 2.93. The predicted octanol–water partition coefficient (Wildman–Crippen LogP) is 3.03. The summed E-state index contributed by atoms with van der Waals surface area (Å²) in [7, 11) is 1.52. The zero-order valence-electron chi connectivity index (χ0n) is 13.3. The summed E-state index contributed by atoms with van der Waals surface area (Å²) in [6.45, 7) is 6.59. The molecule has 0 rings (SSSR count). The Morgan fingerprint density at radius 3 is 2.24 bits per heavy atom. The van der Waals surface area contributed by atoms with Gasteiger partial charge in [-0.05, 0) is 6.42 Å². The van der Waals surface area contributed by atoms with Gasteiger partial charge in [-0.3, -0.25) is 4.79 Å². The molecular weight excluding hydrogens is 272 g/mol. The maximum atomic E-state index is 11.5. The average molecular weight is 300 g/mol. The molecule has 0 radical (unpaired) electrons. The molecule has 0 amide bonds. The molecule has 0 atom stereocenters. The first-order valence-electron chi connectivity index (χ1n) is 7.61. The van der Waals surface area contributed by atoms with Gasteiger partial charge in [-0.15, -0.1) is 0 Å². The Balaban J connectivity index is 3.59. The molecule has 21 heavy (non-hydrogen) atoms. The van der Waals surface area contributed by atoms with E-state index in [1.807, 2.05) is 0 Å². The fourth-order valence-electron chi connectivity index (χ4n) is 1.69. The van der Waals surface area contributed by atoms with Crippen molar-refractivity contribution >= 4 is 11.9 Å². The summed E-state index contributed by atoms with van der Waals surface area (Å²) in [4.78, 5) is 23.0. The van der Waals surface area contributed by atoms with Crippen LogP contribution in [0, 0.1) is 0 Å². The summed E-state index contributed by atoms with van der Waals surface area (Å²) in [6.07, 6.45) is 6.68. The molecule has 0 aromatic heterocycles. The number of ether oxygens (including phenoxy) is 3. The van der Waals surface area contributed by atoms with E-state index in [1.165, 1.54) is 32.8 Å². The second-order valence-corrected chi connectivity index (χ2v) is 4.90. The molecule has 0 saturated carbocycles. The third kappa shape index (κ3) is 12.1. The molecule has 0 aromatic rings. The molecule has 0 heterocycles. The number of unbranched alkanes of at least 4 members (excludes halogenated alkanes) is 5. The first kappa shape index (κ1) is 19.6. The van der Waals surface area contributed by atoms with Crippen LogP contribution in [0.3, 0.4) is 0 Å². The minimum Gasteiger partial charge on any atom is -0.465 e. The maximum absolute atomic E-state index is 11.5. The highest BCUT2D eigenvalue weighted by Gasteiger charge is 2.13. The average Bonchev–Trinajstić information content (AvgIpc) is 2.46. The Morgan fingerprint density at radius 2 is 1.57 bits per heavy atom. The van der Waals surface area contributed by atoms with E-state index in [0.29, 0.717) is 13.2 Å². The van der Waals surface area contributed by atoms with E-state index in [-0.39, 0.29) is 18.6 Å². The quantitative estimate of drug-likeness (QED) is 0.297. The van der Waals surface area contributed by atoms with Gasteiger partial charge in [-0.25, -0.2) is 4.79 Å². The molecule has 0 aliphatic rings. The molecule has 0 unspecified atom stereocenters. The third-order valence-corrected chi connectivity index (χ3v) is 2.93. The summed E-state index contributed by atoms with van der Waals surface area (Å²) in [5.41, 5.74) is 0.110. The number of hydrogen-bond acceptors (Lipinski definition) is 5. The van der Waals surface area contributed by atoms with E-state index in [1.54, 1.807) is 0 Å². The second-order valence-electron chi connectivity index (χ2n) is 4.90. The minimum atomic E-state index is -0.580. The number of carbonyl (C=O) groups is 2. The minimum absolute atomic E-state index is 0.110. The van der Waals surface area contributed by atoms with Gasteiger partial charge in [0.2, 0.25) is 0 Å². The van der Waals surface area contributed by atoms with Crippen LogP contribution in [0.2, 0.25) is 0 Å². The summed E-state index contributed by atoms with van der Waals surface area (Å²) < 4.78 is 14.7. The number of methoxy groups -OCH3 is 1. The Bertz CT molecular complexity index is 312. The van der Waals surface area contributed by atoms with E-state index < -0.39 is 11.9 Å². The lowest BCUT2D eigenvalue weighted by Gasteiger charge is -2.07.